The second-order valence-corrected chi connectivity index (χ2v) is 4.64. The molecular weight excluding hydrogens is 276 g/mol. The SMILES string of the molecule is c1ccc(NNCc2cccc(Oc3cnccn3)c2)cc1. The Labute approximate surface area is 129 Å². The van der Waals surface area contributed by atoms with Gasteiger partial charge in [0.2, 0.25) is 5.88 Å². The molecule has 0 aliphatic rings. The number of rotatable bonds is 6. The standard InChI is InChI=1S/C17H16N4O/c1-2-6-15(7-3-1)21-20-12-14-5-4-8-16(11-14)22-17-13-18-9-10-19-17/h1-11,13,20-21H,12H2. The molecule has 2 N–H and O–H groups in total. The summed E-state index contributed by atoms with van der Waals surface area (Å²) in [4.78, 5) is 8.07. The van der Waals surface area contributed by atoms with E-state index in [9.17, 15) is 0 Å². The third-order valence-electron chi connectivity index (χ3n) is 2.96. The van der Waals surface area contributed by atoms with Crippen LogP contribution in [0.4, 0.5) is 5.69 Å². The first-order valence-corrected chi connectivity index (χ1v) is 6.97. The molecule has 0 saturated carbocycles. The Bertz CT molecular complexity index is 704. The summed E-state index contributed by atoms with van der Waals surface area (Å²) >= 11 is 0. The zero-order valence-corrected chi connectivity index (χ0v) is 11.9. The number of nitrogens with zero attached hydrogens (tertiary/aromatic N) is 2. The van der Waals surface area contributed by atoms with Crippen LogP contribution in [0.15, 0.2) is 73.2 Å². The monoisotopic (exact) mass is 292 g/mol. The number of nitrogens with one attached hydrogen (secondary N) is 2. The van der Waals surface area contributed by atoms with Crippen molar-refractivity contribution in [2.24, 2.45) is 0 Å². The topological polar surface area (TPSA) is 59.1 Å². The third kappa shape index (κ3) is 4.04. The van der Waals surface area contributed by atoms with Crippen LogP contribution in [0.3, 0.4) is 0 Å². The second-order valence-electron chi connectivity index (χ2n) is 4.64. The van der Waals surface area contributed by atoms with E-state index in [-0.39, 0.29) is 0 Å². The fourth-order valence-corrected chi connectivity index (χ4v) is 1.95. The van der Waals surface area contributed by atoms with Crippen LogP contribution in [-0.4, -0.2) is 9.97 Å². The molecule has 0 unspecified atom stereocenters. The van der Waals surface area contributed by atoms with Crippen molar-refractivity contribution in [3.8, 4) is 11.6 Å². The summed E-state index contributed by atoms with van der Waals surface area (Å²) in [5, 5.41) is 0. The van der Waals surface area contributed by atoms with Crippen LogP contribution >= 0.6 is 0 Å². The van der Waals surface area contributed by atoms with E-state index in [2.05, 4.69) is 20.8 Å². The highest BCUT2D eigenvalue weighted by molar-refractivity contribution is 5.41. The van der Waals surface area contributed by atoms with Gasteiger partial charge in [-0.1, -0.05) is 30.3 Å². The molecule has 3 aromatic rings. The van der Waals surface area contributed by atoms with E-state index in [1.165, 1.54) is 0 Å². The van der Waals surface area contributed by atoms with Crippen molar-refractivity contribution in [3.05, 3.63) is 78.8 Å². The summed E-state index contributed by atoms with van der Waals surface area (Å²) in [5.41, 5.74) is 8.45. The molecular formula is C17H16N4O. The Balaban J connectivity index is 1.57. The van der Waals surface area contributed by atoms with Crippen molar-refractivity contribution >= 4 is 5.69 Å². The van der Waals surface area contributed by atoms with Gasteiger partial charge in [-0.2, -0.15) is 0 Å². The van der Waals surface area contributed by atoms with Gasteiger partial charge in [0.25, 0.3) is 0 Å². The van der Waals surface area contributed by atoms with Crippen molar-refractivity contribution in [2.45, 2.75) is 6.54 Å². The van der Waals surface area contributed by atoms with E-state index in [0.29, 0.717) is 12.4 Å². The molecule has 0 bridgehead atoms. The van der Waals surface area contributed by atoms with Crippen LogP contribution in [-0.2, 0) is 6.54 Å². The number of para-hydroxylation sites is 1. The Morgan fingerprint density at radius 2 is 1.86 bits per heavy atom. The molecule has 5 heteroatoms. The summed E-state index contributed by atoms with van der Waals surface area (Å²) in [6, 6.07) is 17.8. The smallest absolute Gasteiger partial charge is 0.237 e. The van der Waals surface area contributed by atoms with E-state index in [0.717, 1.165) is 17.0 Å². The molecule has 2 aromatic carbocycles. The molecule has 1 aromatic heterocycles. The third-order valence-corrected chi connectivity index (χ3v) is 2.96. The Morgan fingerprint density at radius 1 is 0.955 bits per heavy atom. The van der Waals surface area contributed by atoms with Gasteiger partial charge in [0, 0.05) is 24.6 Å². The molecule has 0 aliphatic heterocycles. The Kier molecular flexibility index (Phi) is 4.59. The lowest BCUT2D eigenvalue weighted by Crippen LogP contribution is -2.20. The maximum atomic E-state index is 5.66. The summed E-state index contributed by atoms with van der Waals surface area (Å²) in [7, 11) is 0. The number of hydrazine groups is 1. The second kappa shape index (κ2) is 7.19. The molecule has 0 radical (unpaired) electrons. The molecule has 5 nitrogen and oxygen atoms in total. The highest BCUT2D eigenvalue weighted by Crippen LogP contribution is 2.19. The fourth-order valence-electron chi connectivity index (χ4n) is 1.95. The highest BCUT2D eigenvalue weighted by atomic mass is 16.5. The first-order chi connectivity index (χ1) is 10.9. The molecule has 0 amide bonds. The number of aromatic nitrogens is 2. The summed E-state index contributed by atoms with van der Waals surface area (Å²) in [6.07, 6.45) is 4.80. The van der Waals surface area contributed by atoms with Crippen LogP contribution < -0.4 is 15.6 Å². The van der Waals surface area contributed by atoms with Crippen LogP contribution in [0.1, 0.15) is 5.56 Å². The number of ether oxygens (including phenoxy) is 1. The lowest BCUT2D eigenvalue weighted by atomic mass is 10.2. The quantitative estimate of drug-likeness (QED) is 0.682. The molecule has 0 saturated heterocycles. The van der Waals surface area contributed by atoms with Gasteiger partial charge < -0.3 is 10.2 Å². The lowest BCUT2D eigenvalue weighted by molar-refractivity contribution is 0.459. The maximum absolute atomic E-state index is 5.66. The van der Waals surface area contributed by atoms with Crippen LogP contribution in [0.25, 0.3) is 0 Å². The first kappa shape index (κ1) is 14.0. The highest BCUT2D eigenvalue weighted by Gasteiger charge is 2.00. The molecule has 0 fully saturated rings. The van der Waals surface area contributed by atoms with E-state index in [4.69, 9.17) is 4.74 Å². The molecule has 1 heterocycles. The lowest BCUT2D eigenvalue weighted by Gasteiger charge is -2.09. The van der Waals surface area contributed by atoms with Crippen molar-refractivity contribution in [1.29, 1.82) is 0 Å². The average molecular weight is 292 g/mol. The predicted octanol–water partition coefficient (Wildman–Crippen LogP) is 3.39. The zero-order chi connectivity index (χ0) is 15.0. The van der Waals surface area contributed by atoms with Gasteiger partial charge in [0.05, 0.1) is 6.20 Å². The zero-order valence-electron chi connectivity index (χ0n) is 11.9. The first-order valence-electron chi connectivity index (χ1n) is 6.97. The van der Waals surface area contributed by atoms with Gasteiger partial charge in [0.1, 0.15) is 5.75 Å². The largest absolute Gasteiger partial charge is 0.437 e. The number of hydrogen-bond donors (Lipinski definition) is 2. The minimum atomic E-state index is 0.481. The number of benzene rings is 2. The van der Waals surface area contributed by atoms with E-state index in [1.807, 2.05) is 54.6 Å². The predicted molar refractivity (Wildman–Crippen MR) is 85.5 cm³/mol. The minimum Gasteiger partial charge on any atom is -0.437 e. The fraction of sp³-hybridized carbons (Fsp3) is 0.0588. The van der Waals surface area contributed by atoms with Crippen molar-refractivity contribution < 1.29 is 4.74 Å². The van der Waals surface area contributed by atoms with Gasteiger partial charge >= 0.3 is 0 Å². The van der Waals surface area contributed by atoms with Gasteiger partial charge in [-0.25, -0.2) is 10.4 Å². The van der Waals surface area contributed by atoms with Gasteiger partial charge in [0.15, 0.2) is 0 Å². The maximum Gasteiger partial charge on any atom is 0.237 e. The van der Waals surface area contributed by atoms with Crippen molar-refractivity contribution in [2.75, 3.05) is 5.43 Å². The van der Waals surface area contributed by atoms with Gasteiger partial charge in [-0.05, 0) is 29.8 Å². The molecule has 0 atom stereocenters. The average Bonchev–Trinajstić information content (AvgIpc) is 2.57. The molecule has 3 rings (SSSR count). The summed E-state index contributed by atoms with van der Waals surface area (Å²) < 4.78 is 5.66. The van der Waals surface area contributed by atoms with E-state index in [1.54, 1.807) is 18.6 Å². The van der Waals surface area contributed by atoms with E-state index >= 15 is 0 Å². The number of anilines is 1. The molecule has 0 aliphatic carbocycles. The van der Waals surface area contributed by atoms with Crippen LogP contribution in [0.5, 0.6) is 11.6 Å². The molecule has 110 valence electrons. The van der Waals surface area contributed by atoms with Crippen LogP contribution in [0.2, 0.25) is 0 Å². The molecule has 22 heavy (non-hydrogen) atoms. The normalized spacial score (nSPS) is 10.2. The Morgan fingerprint density at radius 3 is 2.68 bits per heavy atom. The van der Waals surface area contributed by atoms with Crippen molar-refractivity contribution in [1.82, 2.24) is 15.4 Å². The van der Waals surface area contributed by atoms with Gasteiger partial charge in [-0.15, -0.1) is 0 Å². The summed E-state index contributed by atoms with van der Waals surface area (Å²) in [5.74, 6) is 1.22. The summed E-state index contributed by atoms with van der Waals surface area (Å²) in [6.45, 7) is 0.673. The van der Waals surface area contributed by atoms with Crippen molar-refractivity contribution in [3.63, 3.8) is 0 Å². The minimum absolute atomic E-state index is 0.481. The van der Waals surface area contributed by atoms with Gasteiger partial charge in [-0.3, -0.25) is 4.98 Å². The van der Waals surface area contributed by atoms with Crippen LogP contribution in [0, 0.1) is 0 Å². The number of hydrogen-bond acceptors (Lipinski definition) is 5. The Hall–Kier alpha value is -2.92. The van der Waals surface area contributed by atoms with E-state index < -0.39 is 0 Å². The molecule has 0 spiro atoms.